The Morgan fingerprint density at radius 2 is 1.85 bits per heavy atom. The zero-order valence-electron chi connectivity index (χ0n) is 14.3. The second-order valence-corrected chi connectivity index (χ2v) is 5.85. The monoisotopic (exact) mass is 353 g/mol. The van der Waals surface area contributed by atoms with Crippen molar-refractivity contribution in [3.63, 3.8) is 0 Å². The SMILES string of the molecule is N#Cc1n[nH]nc1-c1cccc(OCc2ccccc2-c2cccnc2)c1. The number of nitriles is 1. The number of nitrogens with one attached hydrogen (secondary N) is 1. The second-order valence-electron chi connectivity index (χ2n) is 5.85. The van der Waals surface area contributed by atoms with Gasteiger partial charge in [0.2, 0.25) is 0 Å². The van der Waals surface area contributed by atoms with E-state index in [1.165, 1.54) is 0 Å². The normalized spacial score (nSPS) is 10.3. The Balaban J connectivity index is 1.57. The van der Waals surface area contributed by atoms with Gasteiger partial charge in [0.05, 0.1) is 0 Å². The van der Waals surface area contributed by atoms with Crippen molar-refractivity contribution < 1.29 is 4.74 Å². The molecule has 2 aromatic carbocycles. The molecule has 4 rings (SSSR count). The van der Waals surface area contributed by atoms with E-state index in [9.17, 15) is 0 Å². The lowest BCUT2D eigenvalue weighted by Crippen LogP contribution is -1.98. The van der Waals surface area contributed by atoms with Crippen molar-refractivity contribution in [3.05, 3.63) is 84.3 Å². The molecule has 0 saturated carbocycles. The van der Waals surface area contributed by atoms with Gasteiger partial charge in [0.25, 0.3) is 0 Å². The quantitative estimate of drug-likeness (QED) is 0.586. The molecule has 0 amide bonds. The standard InChI is InChI=1S/C21H15N5O/c22-12-20-21(25-26-24-20)15-6-3-8-18(11-15)27-14-17-5-1-2-9-19(17)16-7-4-10-23-13-16/h1-11,13H,14H2,(H,24,25,26). The number of H-pyrrole nitrogens is 1. The molecule has 6 nitrogen and oxygen atoms in total. The summed E-state index contributed by atoms with van der Waals surface area (Å²) in [7, 11) is 0. The lowest BCUT2D eigenvalue weighted by atomic mass is 10.0. The van der Waals surface area contributed by atoms with E-state index < -0.39 is 0 Å². The molecular formula is C21H15N5O. The van der Waals surface area contributed by atoms with Crippen LogP contribution in [-0.2, 0) is 6.61 Å². The van der Waals surface area contributed by atoms with Crippen molar-refractivity contribution in [2.45, 2.75) is 6.61 Å². The van der Waals surface area contributed by atoms with E-state index in [1.54, 1.807) is 6.20 Å². The van der Waals surface area contributed by atoms with Gasteiger partial charge < -0.3 is 4.74 Å². The average Bonchev–Trinajstić information content (AvgIpc) is 3.22. The topological polar surface area (TPSA) is 87.5 Å². The summed E-state index contributed by atoms with van der Waals surface area (Å²) in [4.78, 5) is 4.19. The Bertz CT molecular complexity index is 1100. The predicted octanol–water partition coefficient (Wildman–Crippen LogP) is 3.98. The van der Waals surface area contributed by atoms with Gasteiger partial charge in [0, 0.05) is 23.5 Å². The molecule has 0 spiro atoms. The Labute approximate surface area is 156 Å². The minimum absolute atomic E-state index is 0.258. The number of rotatable bonds is 5. The zero-order valence-corrected chi connectivity index (χ0v) is 14.3. The van der Waals surface area contributed by atoms with Crippen LogP contribution in [0.1, 0.15) is 11.3 Å². The maximum absolute atomic E-state index is 9.12. The van der Waals surface area contributed by atoms with Crippen molar-refractivity contribution in [1.82, 2.24) is 20.4 Å². The van der Waals surface area contributed by atoms with Crippen LogP contribution < -0.4 is 4.74 Å². The first-order valence-electron chi connectivity index (χ1n) is 8.37. The van der Waals surface area contributed by atoms with Gasteiger partial charge in [-0.1, -0.05) is 42.5 Å². The molecule has 1 N–H and O–H groups in total. The number of pyridine rings is 1. The fourth-order valence-electron chi connectivity index (χ4n) is 2.85. The fourth-order valence-corrected chi connectivity index (χ4v) is 2.85. The van der Waals surface area contributed by atoms with Gasteiger partial charge >= 0.3 is 0 Å². The minimum Gasteiger partial charge on any atom is -0.489 e. The summed E-state index contributed by atoms with van der Waals surface area (Å²) in [6.45, 7) is 0.415. The summed E-state index contributed by atoms with van der Waals surface area (Å²) in [5.41, 5.74) is 4.75. The van der Waals surface area contributed by atoms with Gasteiger partial charge in [-0.05, 0) is 29.3 Å². The summed E-state index contributed by atoms with van der Waals surface area (Å²) in [6.07, 6.45) is 3.60. The van der Waals surface area contributed by atoms with E-state index in [4.69, 9.17) is 10.00 Å². The highest BCUT2D eigenvalue weighted by Gasteiger charge is 2.11. The van der Waals surface area contributed by atoms with Crippen LogP contribution in [-0.4, -0.2) is 20.4 Å². The third-order valence-electron chi connectivity index (χ3n) is 4.15. The van der Waals surface area contributed by atoms with Crippen LogP contribution in [0.25, 0.3) is 22.4 Å². The number of ether oxygens (including phenoxy) is 1. The third kappa shape index (κ3) is 3.53. The molecule has 0 atom stereocenters. The molecule has 0 bridgehead atoms. The number of hydrogen-bond acceptors (Lipinski definition) is 5. The van der Waals surface area contributed by atoms with Crippen LogP contribution in [0.4, 0.5) is 0 Å². The van der Waals surface area contributed by atoms with Gasteiger partial charge in [-0.15, -0.1) is 5.10 Å². The molecule has 0 fully saturated rings. The van der Waals surface area contributed by atoms with E-state index in [-0.39, 0.29) is 5.69 Å². The smallest absolute Gasteiger partial charge is 0.190 e. The highest BCUT2D eigenvalue weighted by Crippen LogP contribution is 2.27. The largest absolute Gasteiger partial charge is 0.489 e. The Morgan fingerprint density at radius 1 is 0.963 bits per heavy atom. The van der Waals surface area contributed by atoms with Crippen molar-refractivity contribution in [2.24, 2.45) is 0 Å². The summed E-state index contributed by atoms with van der Waals surface area (Å²) < 4.78 is 6.00. The molecule has 4 aromatic rings. The molecule has 0 aliphatic rings. The third-order valence-corrected chi connectivity index (χ3v) is 4.15. The summed E-state index contributed by atoms with van der Waals surface area (Å²) in [6, 6.07) is 21.5. The van der Waals surface area contributed by atoms with Crippen LogP contribution in [0.3, 0.4) is 0 Å². The Morgan fingerprint density at radius 3 is 2.70 bits per heavy atom. The van der Waals surface area contributed by atoms with Crippen molar-refractivity contribution in [3.8, 4) is 34.2 Å². The molecule has 0 saturated heterocycles. The van der Waals surface area contributed by atoms with Crippen LogP contribution in [0.5, 0.6) is 5.75 Å². The molecule has 6 heteroatoms. The van der Waals surface area contributed by atoms with Crippen molar-refractivity contribution in [1.29, 1.82) is 5.26 Å². The van der Waals surface area contributed by atoms with Crippen LogP contribution >= 0.6 is 0 Å². The average molecular weight is 353 g/mol. The molecule has 0 radical (unpaired) electrons. The van der Waals surface area contributed by atoms with Gasteiger partial charge in [-0.2, -0.15) is 15.6 Å². The molecule has 0 aliphatic carbocycles. The van der Waals surface area contributed by atoms with E-state index in [0.717, 1.165) is 22.3 Å². The molecule has 0 unspecified atom stereocenters. The van der Waals surface area contributed by atoms with Crippen molar-refractivity contribution >= 4 is 0 Å². The zero-order chi connectivity index (χ0) is 18.5. The van der Waals surface area contributed by atoms with Crippen molar-refractivity contribution in [2.75, 3.05) is 0 Å². The molecule has 2 heterocycles. The van der Waals surface area contributed by atoms with E-state index >= 15 is 0 Å². The number of hydrogen-bond donors (Lipinski definition) is 1. The van der Waals surface area contributed by atoms with Crippen LogP contribution in [0, 0.1) is 11.3 Å². The van der Waals surface area contributed by atoms with E-state index in [2.05, 4.69) is 26.5 Å². The summed E-state index contributed by atoms with van der Waals surface area (Å²) in [5.74, 6) is 0.695. The lowest BCUT2D eigenvalue weighted by Gasteiger charge is -2.11. The Hall–Kier alpha value is -3.98. The first kappa shape index (κ1) is 16.5. The second kappa shape index (κ2) is 7.50. The highest BCUT2D eigenvalue weighted by atomic mass is 16.5. The number of nitrogens with zero attached hydrogens (tertiary/aromatic N) is 4. The molecule has 27 heavy (non-hydrogen) atoms. The first-order valence-corrected chi connectivity index (χ1v) is 8.37. The minimum atomic E-state index is 0.258. The maximum atomic E-state index is 9.12. The molecule has 130 valence electrons. The molecule has 0 aliphatic heterocycles. The summed E-state index contributed by atoms with van der Waals surface area (Å²) in [5, 5.41) is 19.5. The fraction of sp³-hybridized carbons (Fsp3) is 0.0476. The predicted molar refractivity (Wildman–Crippen MR) is 101 cm³/mol. The van der Waals surface area contributed by atoms with Gasteiger partial charge in [-0.25, -0.2) is 0 Å². The van der Waals surface area contributed by atoms with Crippen LogP contribution in [0.2, 0.25) is 0 Å². The Kier molecular flexibility index (Phi) is 4.58. The number of benzene rings is 2. The maximum Gasteiger partial charge on any atom is 0.190 e. The summed E-state index contributed by atoms with van der Waals surface area (Å²) >= 11 is 0. The molecule has 2 aromatic heterocycles. The van der Waals surface area contributed by atoms with Crippen LogP contribution in [0.15, 0.2) is 73.1 Å². The number of aromatic amines is 1. The van der Waals surface area contributed by atoms with Gasteiger partial charge in [-0.3, -0.25) is 4.98 Å². The first-order chi connectivity index (χ1) is 13.3. The molecular weight excluding hydrogens is 338 g/mol. The van der Waals surface area contributed by atoms with Gasteiger partial charge in [0.1, 0.15) is 24.1 Å². The van der Waals surface area contributed by atoms with E-state index in [0.29, 0.717) is 18.1 Å². The van der Waals surface area contributed by atoms with E-state index in [1.807, 2.05) is 66.9 Å². The number of aromatic nitrogens is 4. The van der Waals surface area contributed by atoms with Gasteiger partial charge in [0.15, 0.2) is 5.69 Å². The highest BCUT2D eigenvalue weighted by molar-refractivity contribution is 5.67. The lowest BCUT2D eigenvalue weighted by molar-refractivity contribution is 0.307.